The number of aromatic amines is 1. The number of hydrogen-bond acceptors (Lipinski definition) is 5. The van der Waals surface area contributed by atoms with Crippen LogP contribution in [0.3, 0.4) is 0 Å². The maximum atomic E-state index is 12.9. The van der Waals surface area contributed by atoms with E-state index < -0.39 is 15.3 Å². The van der Waals surface area contributed by atoms with Crippen LogP contribution in [0.2, 0.25) is 0 Å². The Labute approximate surface area is 151 Å². The van der Waals surface area contributed by atoms with E-state index in [-0.39, 0.29) is 15.2 Å². The predicted molar refractivity (Wildman–Crippen MR) is 98.8 cm³/mol. The van der Waals surface area contributed by atoms with E-state index >= 15 is 0 Å². The van der Waals surface area contributed by atoms with Gasteiger partial charge in [0.25, 0.3) is 0 Å². The minimum atomic E-state index is -3.96. The summed E-state index contributed by atoms with van der Waals surface area (Å²) in [6.07, 6.45) is 1.23. The molecule has 1 heterocycles. The first kappa shape index (κ1) is 18.0. The lowest BCUT2D eigenvalue weighted by atomic mass is 10.2. The molecule has 2 aromatic carbocycles. The van der Waals surface area contributed by atoms with E-state index in [0.717, 1.165) is 0 Å². The fourth-order valence-electron chi connectivity index (χ4n) is 2.64. The fraction of sp³-hybridized carbons (Fsp3) is 0.211. The van der Waals surface area contributed by atoms with E-state index in [1.807, 2.05) is 13.8 Å². The van der Waals surface area contributed by atoms with E-state index in [1.54, 1.807) is 30.3 Å². The molecule has 1 aromatic heterocycles. The van der Waals surface area contributed by atoms with Gasteiger partial charge in [0, 0.05) is 11.7 Å². The van der Waals surface area contributed by atoms with Crippen molar-refractivity contribution in [3.8, 4) is 11.5 Å². The maximum Gasteiger partial charge on any atom is 0.211 e. The largest absolute Gasteiger partial charge is 0.494 e. The number of rotatable bonds is 6. The van der Waals surface area contributed by atoms with Gasteiger partial charge < -0.3 is 14.5 Å². The fourth-order valence-corrected chi connectivity index (χ4v) is 3.96. The van der Waals surface area contributed by atoms with Crippen LogP contribution in [0, 0.1) is 0 Å². The second-order valence-corrected chi connectivity index (χ2v) is 7.45. The van der Waals surface area contributed by atoms with Crippen molar-refractivity contribution in [2.24, 2.45) is 0 Å². The van der Waals surface area contributed by atoms with Gasteiger partial charge in [-0.25, -0.2) is 8.42 Å². The number of nitrogens with one attached hydrogen (secondary N) is 1. The molecule has 3 aromatic rings. The Hall–Kier alpha value is -2.80. The Morgan fingerprint density at radius 3 is 2.19 bits per heavy atom. The number of pyridine rings is 1. The Morgan fingerprint density at radius 2 is 1.54 bits per heavy atom. The van der Waals surface area contributed by atoms with Gasteiger partial charge in [-0.05, 0) is 56.3 Å². The zero-order chi connectivity index (χ0) is 18.7. The van der Waals surface area contributed by atoms with Gasteiger partial charge >= 0.3 is 0 Å². The average molecular weight is 373 g/mol. The van der Waals surface area contributed by atoms with Crippen molar-refractivity contribution < 1.29 is 17.9 Å². The lowest BCUT2D eigenvalue weighted by Gasteiger charge is -2.08. The van der Waals surface area contributed by atoms with Gasteiger partial charge in [0.15, 0.2) is 0 Å². The van der Waals surface area contributed by atoms with Crippen LogP contribution >= 0.6 is 0 Å². The molecule has 0 radical (unpaired) electrons. The molecule has 0 saturated carbocycles. The van der Waals surface area contributed by atoms with Crippen molar-refractivity contribution in [1.82, 2.24) is 4.98 Å². The normalized spacial score (nSPS) is 11.5. The SMILES string of the molecule is CCOc1ccc(S(=O)(=O)c2c[nH]c3ccc(OCC)cc3c2=O)cc1. The predicted octanol–water partition coefficient (Wildman–Crippen LogP) is 3.16. The number of benzene rings is 2. The highest BCUT2D eigenvalue weighted by Crippen LogP contribution is 2.23. The molecule has 136 valence electrons. The van der Waals surface area contributed by atoms with Gasteiger partial charge in [0.2, 0.25) is 15.3 Å². The van der Waals surface area contributed by atoms with E-state index in [1.165, 1.54) is 18.3 Å². The molecule has 26 heavy (non-hydrogen) atoms. The molecule has 7 heteroatoms. The molecule has 3 rings (SSSR count). The summed E-state index contributed by atoms with van der Waals surface area (Å²) >= 11 is 0. The van der Waals surface area contributed by atoms with Crippen LogP contribution in [-0.4, -0.2) is 26.6 Å². The molecule has 0 unspecified atom stereocenters. The van der Waals surface area contributed by atoms with Gasteiger partial charge in [-0.2, -0.15) is 0 Å². The van der Waals surface area contributed by atoms with E-state index in [9.17, 15) is 13.2 Å². The Bertz CT molecular complexity index is 1090. The van der Waals surface area contributed by atoms with Crippen LogP contribution in [0.5, 0.6) is 11.5 Å². The van der Waals surface area contributed by atoms with Crippen LogP contribution in [0.15, 0.2) is 63.2 Å². The van der Waals surface area contributed by atoms with E-state index in [0.29, 0.717) is 30.2 Å². The van der Waals surface area contributed by atoms with Crippen molar-refractivity contribution in [1.29, 1.82) is 0 Å². The molecule has 0 spiro atoms. The minimum Gasteiger partial charge on any atom is -0.494 e. The van der Waals surface area contributed by atoms with Crippen molar-refractivity contribution in [2.45, 2.75) is 23.6 Å². The Balaban J connectivity index is 2.10. The van der Waals surface area contributed by atoms with Crippen LogP contribution in [0.1, 0.15) is 13.8 Å². The number of hydrogen-bond donors (Lipinski definition) is 1. The van der Waals surface area contributed by atoms with E-state index in [4.69, 9.17) is 9.47 Å². The summed E-state index contributed by atoms with van der Waals surface area (Å²) in [6, 6.07) is 11.0. The summed E-state index contributed by atoms with van der Waals surface area (Å²) in [7, 11) is -3.96. The molecule has 0 aliphatic heterocycles. The number of fused-ring (bicyclic) bond motifs is 1. The van der Waals surface area contributed by atoms with Crippen molar-refractivity contribution in [3.63, 3.8) is 0 Å². The van der Waals surface area contributed by atoms with Crippen LogP contribution in [0.4, 0.5) is 0 Å². The zero-order valence-electron chi connectivity index (χ0n) is 14.5. The van der Waals surface area contributed by atoms with Crippen molar-refractivity contribution in [2.75, 3.05) is 13.2 Å². The number of sulfone groups is 1. The average Bonchev–Trinajstić information content (AvgIpc) is 2.63. The number of H-pyrrole nitrogens is 1. The summed E-state index contributed by atoms with van der Waals surface area (Å²) in [5, 5.41) is 0.267. The smallest absolute Gasteiger partial charge is 0.211 e. The first-order valence-corrected chi connectivity index (χ1v) is 9.72. The lowest BCUT2D eigenvalue weighted by molar-refractivity contribution is 0.340. The quantitative estimate of drug-likeness (QED) is 0.717. The first-order valence-electron chi connectivity index (χ1n) is 8.23. The molecule has 0 amide bonds. The van der Waals surface area contributed by atoms with E-state index in [2.05, 4.69) is 4.98 Å². The summed E-state index contributed by atoms with van der Waals surface area (Å²) in [6.45, 7) is 4.61. The highest BCUT2D eigenvalue weighted by Gasteiger charge is 2.22. The van der Waals surface area contributed by atoms with Crippen molar-refractivity contribution in [3.05, 3.63) is 58.9 Å². The monoisotopic (exact) mass is 373 g/mol. The van der Waals surface area contributed by atoms with Gasteiger partial charge in [0.05, 0.1) is 23.5 Å². The molecule has 0 aliphatic carbocycles. The maximum absolute atomic E-state index is 12.9. The van der Waals surface area contributed by atoms with Crippen LogP contribution < -0.4 is 14.9 Å². The summed E-state index contributed by atoms with van der Waals surface area (Å²) in [4.78, 5) is 15.4. The standard InChI is InChI=1S/C19H19NO5S/c1-3-24-13-5-8-15(9-6-13)26(22,23)18-12-20-17-10-7-14(25-4-2)11-16(17)19(18)21/h5-12H,3-4H2,1-2H3,(H,20,21). The zero-order valence-corrected chi connectivity index (χ0v) is 15.3. The van der Waals surface area contributed by atoms with Gasteiger partial charge in [0.1, 0.15) is 16.4 Å². The molecule has 0 saturated heterocycles. The molecule has 0 bridgehead atoms. The molecule has 0 aliphatic rings. The molecule has 1 N–H and O–H groups in total. The number of ether oxygens (including phenoxy) is 2. The van der Waals surface area contributed by atoms with Crippen LogP contribution in [0.25, 0.3) is 10.9 Å². The second kappa shape index (κ2) is 7.21. The van der Waals surface area contributed by atoms with Gasteiger partial charge in [-0.1, -0.05) is 0 Å². The Morgan fingerprint density at radius 1 is 0.923 bits per heavy atom. The highest BCUT2D eigenvalue weighted by molar-refractivity contribution is 7.91. The van der Waals surface area contributed by atoms with Crippen molar-refractivity contribution >= 4 is 20.7 Å². The molecule has 0 atom stereocenters. The first-order chi connectivity index (χ1) is 12.5. The van der Waals surface area contributed by atoms with Gasteiger partial charge in [-0.15, -0.1) is 0 Å². The highest BCUT2D eigenvalue weighted by atomic mass is 32.2. The lowest BCUT2D eigenvalue weighted by Crippen LogP contribution is -2.16. The third-order valence-corrected chi connectivity index (χ3v) is 5.64. The molecular formula is C19H19NO5S. The molecule has 0 fully saturated rings. The molecular weight excluding hydrogens is 354 g/mol. The topological polar surface area (TPSA) is 85.5 Å². The third-order valence-electron chi connectivity index (χ3n) is 3.86. The summed E-state index contributed by atoms with van der Waals surface area (Å²) < 4.78 is 36.5. The van der Waals surface area contributed by atoms with Gasteiger partial charge in [-0.3, -0.25) is 4.79 Å². The Kier molecular flexibility index (Phi) is 4.99. The second-order valence-electron chi connectivity index (χ2n) is 5.53. The van der Waals surface area contributed by atoms with Crippen LogP contribution in [-0.2, 0) is 9.84 Å². The summed E-state index contributed by atoms with van der Waals surface area (Å²) in [5.74, 6) is 1.08. The summed E-state index contributed by atoms with van der Waals surface area (Å²) in [5.41, 5.74) is -0.0155. The number of aromatic nitrogens is 1. The molecule has 6 nitrogen and oxygen atoms in total. The third kappa shape index (κ3) is 3.30. The minimum absolute atomic E-state index is 0.0340.